The Bertz CT molecular complexity index is 833. The maximum absolute atomic E-state index is 12.3. The molecule has 0 saturated carbocycles. The summed E-state index contributed by atoms with van der Waals surface area (Å²) in [6.45, 7) is 0.181. The van der Waals surface area contributed by atoms with Crippen LogP contribution in [0.3, 0.4) is 0 Å². The lowest BCUT2D eigenvalue weighted by Crippen LogP contribution is -2.23. The number of hydrogen-bond acceptors (Lipinski definition) is 5. The number of hydrogen-bond donors (Lipinski definition) is 2. The molecule has 0 aliphatic carbocycles. The summed E-state index contributed by atoms with van der Waals surface area (Å²) in [5, 5.41) is 2.49. The Balaban J connectivity index is 1.98. The standard InChI is InChI=1S/C17H18N2O5S/c1-24-17(21)11-16(20)19-14-7-9-15(10-8-14)25(22,23)18-12-13-5-3-2-4-6-13/h2-10,18H,11-12H2,1H3,(H,19,20). The number of methoxy groups -OCH3 is 1. The average Bonchev–Trinajstić information content (AvgIpc) is 2.61. The number of benzene rings is 2. The van der Waals surface area contributed by atoms with Gasteiger partial charge in [0.15, 0.2) is 0 Å². The molecular formula is C17H18N2O5S. The highest BCUT2D eigenvalue weighted by Gasteiger charge is 2.14. The summed E-state index contributed by atoms with van der Waals surface area (Å²) in [4.78, 5) is 22.7. The second-order valence-electron chi connectivity index (χ2n) is 5.14. The van der Waals surface area contributed by atoms with Crippen molar-refractivity contribution >= 4 is 27.6 Å². The topological polar surface area (TPSA) is 102 Å². The van der Waals surface area contributed by atoms with Gasteiger partial charge in [-0.2, -0.15) is 0 Å². The predicted molar refractivity (Wildman–Crippen MR) is 92.2 cm³/mol. The van der Waals surface area contributed by atoms with Crippen molar-refractivity contribution in [2.75, 3.05) is 12.4 Å². The summed E-state index contributed by atoms with van der Waals surface area (Å²) < 4.78 is 31.4. The Morgan fingerprint density at radius 3 is 2.24 bits per heavy atom. The van der Waals surface area contributed by atoms with Gasteiger partial charge in [0.2, 0.25) is 15.9 Å². The van der Waals surface area contributed by atoms with Gasteiger partial charge in [-0.3, -0.25) is 9.59 Å². The fourth-order valence-corrected chi connectivity index (χ4v) is 3.00. The minimum absolute atomic E-state index is 0.0781. The minimum Gasteiger partial charge on any atom is -0.469 e. The number of amides is 1. The van der Waals surface area contributed by atoms with Gasteiger partial charge in [0.25, 0.3) is 0 Å². The van der Waals surface area contributed by atoms with E-state index in [9.17, 15) is 18.0 Å². The Labute approximate surface area is 146 Å². The molecule has 0 atom stereocenters. The molecule has 0 saturated heterocycles. The van der Waals surface area contributed by atoms with Gasteiger partial charge in [-0.1, -0.05) is 30.3 Å². The lowest BCUT2D eigenvalue weighted by molar-refractivity contribution is -0.142. The third-order valence-corrected chi connectivity index (χ3v) is 4.71. The SMILES string of the molecule is COC(=O)CC(=O)Nc1ccc(S(=O)(=O)NCc2ccccc2)cc1. The van der Waals surface area contributed by atoms with Crippen molar-refractivity contribution in [1.29, 1.82) is 0 Å². The minimum atomic E-state index is -3.66. The van der Waals surface area contributed by atoms with Crippen molar-refractivity contribution in [1.82, 2.24) is 4.72 Å². The number of nitrogens with one attached hydrogen (secondary N) is 2. The second-order valence-corrected chi connectivity index (χ2v) is 6.90. The molecule has 0 fully saturated rings. The Morgan fingerprint density at radius 1 is 1.00 bits per heavy atom. The molecule has 2 aromatic rings. The molecule has 0 aromatic heterocycles. The highest BCUT2D eigenvalue weighted by molar-refractivity contribution is 7.89. The van der Waals surface area contributed by atoms with E-state index in [2.05, 4.69) is 14.8 Å². The monoisotopic (exact) mass is 362 g/mol. The highest BCUT2D eigenvalue weighted by atomic mass is 32.2. The van der Waals surface area contributed by atoms with Crippen LogP contribution in [0.2, 0.25) is 0 Å². The first kappa shape index (κ1) is 18.6. The first-order valence-corrected chi connectivity index (χ1v) is 8.89. The summed E-state index contributed by atoms with van der Waals surface area (Å²) in [6, 6.07) is 14.8. The lowest BCUT2D eigenvalue weighted by atomic mass is 10.2. The van der Waals surface area contributed by atoms with Crippen LogP contribution in [0.1, 0.15) is 12.0 Å². The number of carbonyl (C=O) groups is 2. The van der Waals surface area contributed by atoms with Gasteiger partial charge in [-0.25, -0.2) is 13.1 Å². The molecule has 0 radical (unpaired) electrons. The molecule has 7 nitrogen and oxygen atoms in total. The van der Waals surface area contributed by atoms with E-state index < -0.39 is 28.3 Å². The molecule has 2 N–H and O–H groups in total. The van der Waals surface area contributed by atoms with Gasteiger partial charge in [0.05, 0.1) is 12.0 Å². The molecule has 0 aliphatic heterocycles. The first-order valence-electron chi connectivity index (χ1n) is 7.41. The van der Waals surface area contributed by atoms with E-state index >= 15 is 0 Å². The van der Waals surface area contributed by atoms with E-state index in [0.29, 0.717) is 5.69 Å². The average molecular weight is 362 g/mol. The van der Waals surface area contributed by atoms with E-state index in [-0.39, 0.29) is 11.4 Å². The summed E-state index contributed by atoms with van der Waals surface area (Å²) in [6.07, 6.45) is -0.408. The number of rotatable bonds is 7. The molecule has 0 spiro atoms. The molecule has 2 aromatic carbocycles. The van der Waals surface area contributed by atoms with E-state index in [1.807, 2.05) is 30.3 Å². The Hall–Kier alpha value is -2.71. The van der Waals surface area contributed by atoms with Crippen LogP contribution < -0.4 is 10.0 Å². The van der Waals surface area contributed by atoms with Crippen LogP contribution in [0.5, 0.6) is 0 Å². The molecule has 132 valence electrons. The van der Waals surface area contributed by atoms with Gasteiger partial charge in [0.1, 0.15) is 6.42 Å². The maximum Gasteiger partial charge on any atom is 0.315 e. The van der Waals surface area contributed by atoms with Crippen molar-refractivity contribution in [3.05, 3.63) is 60.2 Å². The van der Waals surface area contributed by atoms with Crippen LogP contribution >= 0.6 is 0 Å². The van der Waals surface area contributed by atoms with Gasteiger partial charge in [-0.15, -0.1) is 0 Å². The van der Waals surface area contributed by atoms with Crippen LogP contribution in [0.25, 0.3) is 0 Å². The number of ether oxygens (including phenoxy) is 1. The smallest absolute Gasteiger partial charge is 0.315 e. The number of anilines is 1. The molecule has 2 rings (SSSR count). The van der Waals surface area contributed by atoms with E-state index in [1.54, 1.807) is 0 Å². The Kier molecular flexibility index (Phi) is 6.26. The lowest BCUT2D eigenvalue weighted by Gasteiger charge is -2.08. The highest BCUT2D eigenvalue weighted by Crippen LogP contribution is 2.15. The van der Waals surface area contributed by atoms with Crippen molar-refractivity contribution in [3.63, 3.8) is 0 Å². The number of carbonyl (C=O) groups excluding carboxylic acids is 2. The molecule has 1 amide bonds. The predicted octanol–water partition coefficient (Wildman–Crippen LogP) is 1.67. The van der Waals surface area contributed by atoms with Gasteiger partial charge in [0, 0.05) is 12.2 Å². The van der Waals surface area contributed by atoms with Crippen LogP contribution in [0.4, 0.5) is 5.69 Å². The largest absolute Gasteiger partial charge is 0.469 e. The number of esters is 1. The molecule has 25 heavy (non-hydrogen) atoms. The summed E-state index contributed by atoms with van der Waals surface area (Å²) in [5.74, 6) is -1.19. The van der Waals surface area contributed by atoms with Crippen LogP contribution in [0, 0.1) is 0 Å². The molecule has 8 heteroatoms. The Morgan fingerprint density at radius 2 is 1.64 bits per heavy atom. The van der Waals surface area contributed by atoms with Gasteiger partial charge >= 0.3 is 5.97 Å². The number of sulfonamides is 1. The van der Waals surface area contributed by atoms with Gasteiger partial charge in [-0.05, 0) is 29.8 Å². The van der Waals surface area contributed by atoms with E-state index in [4.69, 9.17) is 0 Å². The molecule has 0 heterocycles. The maximum atomic E-state index is 12.3. The quantitative estimate of drug-likeness (QED) is 0.576. The van der Waals surface area contributed by atoms with E-state index in [0.717, 1.165) is 5.56 Å². The van der Waals surface area contributed by atoms with Crippen molar-refractivity contribution in [3.8, 4) is 0 Å². The van der Waals surface area contributed by atoms with Crippen molar-refractivity contribution in [2.45, 2.75) is 17.9 Å². The fourth-order valence-electron chi connectivity index (χ4n) is 1.98. The normalized spacial score (nSPS) is 10.9. The fraction of sp³-hybridized carbons (Fsp3) is 0.176. The third kappa shape index (κ3) is 5.70. The summed E-state index contributed by atoms with van der Waals surface area (Å²) in [7, 11) is -2.47. The molecule has 0 unspecified atom stereocenters. The second kappa shape index (κ2) is 8.41. The van der Waals surface area contributed by atoms with Crippen LogP contribution in [-0.2, 0) is 30.9 Å². The van der Waals surface area contributed by atoms with Crippen LogP contribution in [-0.4, -0.2) is 27.4 Å². The van der Waals surface area contributed by atoms with E-state index in [1.165, 1.54) is 31.4 Å². The molecule has 0 aliphatic rings. The summed E-state index contributed by atoms with van der Waals surface area (Å²) in [5.41, 5.74) is 1.23. The zero-order valence-electron chi connectivity index (χ0n) is 13.6. The molecule has 0 bridgehead atoms. The van der Waals surface area contributed by atoms with Gasteiger partial charge < -0.3 is 10.1 Å². The zero-order valence-corrected chi connectivity index (χ0v) is 14.4. The first-order chi connectivity index (χ1) is 11.9. The zero-order chi connectivity index (χ0) is 18.3. The third-order valence-electron chi connectivity index (χ3n) is 3.29. The van der Waals surface area contributed by atoms with Crippen molar-refractivity contribution in [2.24, 2.45) is 0 Å². The van der Waals surface area contributed by atoms with Crippen LogP contribution in [0.15, 0.2) is 59.5 Å². The summed E-state index contributed by atoms with van der Waals surface area (Å²) >= 11 is 0. The molecular weight excluding hydrogens is 344 g/mol. The van der Waals surface area contributed by atoms with Crippen molar-refractivity contribution < 1.29 is 22.7 Å².